The van der Waals surface area contributed by atoms with Crippen molar-refractivity contribution in [3.63, 3.8) is 0 Å². The molecule has 3 aromatic rings. The first-order valence-electron chi connectivity index (χ1n) is 7.59. The topological polar surface area (TPSA) is 59.8 Å². The number of hydrogen-bond donors (Lipinski definition) is 1. The second-order valence-electron chi connectivity index (χ2n) is 5.34. The van der Waals surface area contributed by atoms with Gasteiger partial charge in [-0.05, 0) is 42.1 Å². The Balaban J connectivity index is 1.74. The van der Waals surface area contributed by atoms with Gasteiger partial charge < -0.3 is 5.32 Å². The molecule has 1 amide bonds. The zero-order valence-electron chi connectivity index (χ0n) is 14.1. The van der Waals surface area contributed by atoms with Gasteiger partial charge >= 0.3 is 0 Å². The predicted molar refractivity (Wildman–Crippen MR) is 106 cm³/mol. The monoisotopic (exact) mass is 390 g/mol. The third kappa shape index (κ3) is 4.08. The van der Waals surface area contributed by atoms with Gasteiger partial charge in [0.1, 0.15) is 5.03 Å². The number of thioether (sulfide) groups is 2. The number of aromatic nitrogens is 3. The van der Waals surface area contributed by atoms with Crippen LogP contribution in [0.3, 0.4) is 0 Å². The van der Waals surface area contributed by atoms with Crippen LogP contribution in [0.5, 0.6) is 0 Å². The molecule has 0 aliphatic heterocycles. The first kappa shape index (κ1) is 18.0. The molecule has 0 fully saturated rings. The first-order valence-corrected chi connectivity index (χ1v) is 10.8. The fourth-order valence-corrected chi connectivity index (χ4v) is 4.67. The summed E-state index contributed by atoms with van der Waals surface area (Å²) in [5, 5.41) is 8.10. The third-order valence-electron chi connectivity index (χ3n) is 3.71. The van der Waals surface area contributed by atoms with Crippen LogP contribution in [0.1, 0.15) is 21.5 Å². The van der Waals surface area contributed by atoms with E-state index in [0.29, 0.717) is 17.9 Å². The average molecular weight is 391 g/mol. The van der Waals surface area contributed by atoms with Gasteiger partial charge in [-0.1, -0.05) is 24.3 Å². The summed E-state index contributed by atoms with van der Waals surface area (Å²) >= 11 is 4.37. The summed E-state index contributed by atoms with van der Waals surface area (Å²) < 4.78 is 7.08. The lowest BCUT2D eigenvalue weighted by molar-refractivity contribution is 0.102. The Labute approximate surface area is 159 Å². The van der Waals surface area contributed by atoms with Gasteiger partial charge in [-0.3, -0.25) is 9.48 Å². The molecule has 0 saturated carbocycles. The maximum atomic E-state index is 12.6. The van der Waals surface area contributed by atoms with Crippen molar-refractivity contribution in [1.29, 1.82) is 0 Å². The van der Waals surface area contributed by atoms with Crippen molar-refractivity contribution in [3.05, 3.63) is 53.2 Å². The predicted octanol–water partition coefficient (Wildman–Crippen LogP) is 4.39. The zero-order chi connectivity index (χ0) is 17.8. The normalized spacial score (nSPS) is 10.8. The lowest BCUT2D eigenvalue weighted by atomic mass is 10.1. The van der Waals surface area contributed by atoms with Gasteiger partial charge in [-0.15, -0.1) is 23.5 Å². The van der Waals surface area contributed by atoms with Crippen molar-refractivity contribution in [2.24, 2.45) is 0 Å². The van der Waals surface area contributed by atoms with E-state index in [1.54, 1.807) is 0 Å². The maximum Gasteiger partial charge on any atom is 0.261 e. The number of anilines is 1. The third-order valence-corrected chi connectivity index (χ3v) is 6.45. The Bertz CT molecular complexity index is 866. The van der Waals surface area contributed by atoms with Crippen LogP contribution in [0.2, 0.25) is 0 Å². The highest BCUT2D eigenvalue weighted by molar-refractivity contribution is 8.01. The molecule has 0 atom stereocenters. The van der Waals surface area contributed by atoms with Crippen molar-refractivity contribution < 1.29 is 4.79 Å². The molecule has 0 radical (unpaired) electrons. The Morgan fingerprint density at radius 3 is 2.76 bits per heavy atom. The Morgan fingerprint density at radius 1 is 1.24 bits per heavy atom. The fourth-order valence-electron chi connectivity index (χ4n) is 2.39. The van der Waals surface area contributed by atoms with E-state index in [4.69, 9.17) is 0 Å². The maximum absolute atomic E-state index is 12.6. The minimum Gasteiger partial charge on any atom is -0.305 e. The van der Waals surface area contributed by atoms with Gasteiger partial charge in [-0.25, -0.2) is 0 Å². The second kappa shape index (κ2) is 8.07. The van der Waals surface area contributed by atoms with Gasteiger partial charge in [0.25, 0.3) is 5.91 Å². The van der Waals surface area contributed by atoms with Crippen molar-refractivity contribution in [2.75, 3.05) is 17.8 Å². The molecule has 1 N–H and O–H groups in total. The SMILES string of the molecule is CSc1nsc(SC)c1C(=O)Nc1ccn(Cc2ccccc2C)n1. The molecule has 0 bridgehead atoms. The Hall–Kier alpha value is -1.77. The van der Waals surface area contributed by atoms with Crippen LogP contribution in [-0.2, 0) is 6.54 Å². The van der Waals surface area contributed by atoms with Crippen molar-refractivity contribution in [3.8, 4) is 0 Å². The summed E-state index contributed by atoms with van der Waals surface area (Å²) in [5.74, 6) is 0.382. The highest BCUT2D eigenvalue weighted by atomic mass is 32.2. The summed E-state index contributed by atoms with van der Waals surface area (Å²) in [6.45, 7) is 2.76. The first-order chi connectivity index (χ1) is 12.1. The molecule has 0 aliphatic rings. The number of benzene rings is 1. The number of nitrogens with one attached hydrogen (secondary N) is 1. The molecule has 130 valence electrons. The molecule has 0 aliphatic carbocycles. The average Bonchev–Trinajstić information content (AvgIpc) is 3.23. The molecular weight excluding hydrogens is 372 g/mol. The number of aryl methyl sites for hydroxylation is 1. The summed E-state index contributed by atoms with van der Waals surface area (Å²) in [7, 11) is 0. The smallest absolute Gasteiger partial charge is 0.261 e. The lowest BCUT2D eigenvalue weighted by Crippen LogP contribution is -2.14. The summed E-state index contributed by atoms with van der Waals surface area (Å²) in [6.07, 6.45) is 5.75. The molecule has 1 aromatic carbocycles. The van der Waals surface area contributed by atoms with Crippen LogP contribution >= 0.6 is 35.1 Å². The molecule has 2 aromatic heterocycles. The highest BCUT2D eigenvalue weighted by Crippen LogP contribution is 2.33. The Morgan fingerprint density at radius 2 is 2.04 bits per heavy atom. The molecule has 2 heterocycles. The number of carbonyl (C=O) groups is 1. The molecule has 25 heavy (non-hydrogen) atoms. The van der Waals surface area contributed by atoms with Crippen molar-refractivity contribution in [1.82, 2.24) is 14.2 Å². The zero-order valence-corrected chi connectivity index (χ0v) is 16.6. The van der Waals surface area contributed by atoms with Gasteiger partial charge in [0, 0.05) is 12.3 Å². The minimum absolute atomic E-state index is 0.163. The van der Waals surface area contributed by atoms with E-state index < -0.39 is 0 Å². The quantitative estimate of drug-likeness (QED) is 0.633. The summed E-state index contributed by atoms with van der Waals surface area (Å²) in [4.78, 5) is 12.6. The number of amides is 1. The van der Waals surface area contributed by atoms with E-state index in [0.717, 1.165) is 9.24 Å². The van der Waals surface area contributed by atoms with Crippen LogP contribution in [0, 0.1) is 6.92 Å². The van der Waals surface area contributed by atoms with Crippen LogP contribution < -0.4 is 5.32 Å². The van der Waals surface area contributed by atoms with Crippen molar-refractivity contribution in [2.45, 2.75) is 22.7 Å². The fraction of sp³-hybridized carbons (Fsp3) is 0.235. The van der Waals surface area contributed by atoms with Crippen LogP contribution in [0.4, 0.5) is 5.82 Å². The molecular formula is C17H18N4OS3. The van der Waals surface area contributed by atoms with E-state index in [2.05, 4.69) is 33.8 Å². The van der Waals surface area contributed by atoms with Gasteiger partial charge in [0.05, 0.1) is 16.3 Å². The molecule has 0 spiro atoms. The van der Waals surface area contributed by atoms with Crippen LogP contribution in [0.15, 0.2) is 45.8 Å². The number of nitrogens with zero attached hydrogens (tertiary/aromatic N) is 3. The molecule has 3 rings (SSSR count). The number of carbonyl (C=O) groups excluding carboxylic acids is 1. The molecule has 5 nitrogen and oxygen atoms in total. The standard InChI is InChI=1S/C17H18N4OS3/c1-11-6-4-5-7-12(11)10-21-9-8-13(19-21)18-15(22)14-16(23-2)20-25-17(14)24-3/h4-9H,10H2,1-3H3,(H,18,19,22). The summed E-state index contributed by atoms with van der Waals surface area (Å²) in [5.41, 5.74) is 3.07. The molecule has 0 unspecified atom stereocenters. The van der Waals surface area contributed by atoms with Gasteiger partial charge in [0.15, 0.2) is 5.82 Å². The van der Waals surface area contributed by atoms with Gasteiger partial charge in [0.2, 0.25) is 0 Å². The van der Waals surface area contributed by atoms with E-state index in [-0.39, 0.29) is 5.91 Å². The second-order valence-corrected chi connectivity index (χ2v) is 7.98. The summed E-state index contributed by atoms with van der Waals surface area (Å²) in [6, 6.07) is 10.0. The highest BCUT2D eigenvalue weighted by Gasteiger charge is 2.20. The van der Waals surface area contributed by atoms with Gasteiger partial charge in [-0.2, -0.15) is 9.47 Å². The number of rotatable bonds is 6. The minimum atomic E-state index is -0.163. The molecule has 8 heteroatoms. The largest absolute Gasteiger partial charge is 0.305 e. The number of hydrogen-bond acceptors (Lipinski definition) is 6. The van der Waals surface area contributed by atoms with E-state index in [9.17, 15) is 4.79 Å². The van der Waals surface area contributed by atoms with E-state index >= 15 is 0 Å². The van der Waals surface area contributed by atoms with Crippen LogP contribution in [-0.4, -0.2) is 32.6 Å². The van der Waals surface area contributed by atoms with E-state index in [1.807, 2.05) is 41.6 Å². The van der Waals surface area contributed by atoms with Crippen LogP contribution in [0.25, 0.3) is 0 Å². The molecule has 0 saturated heterocycles. The van der Waals surface area contributed by atoms with E-state index in [1.165, 1.54) is 46.2 Å². The van der Waals surface area contributed by atoms with Crippen molar-refractivity contribution >= 4 is 46.8 Å². The lowest BCUT2D eigenvalue weighted by Gasteiger charge is -2.06. The Kier molecular flexibility index (Phi) is 5.82.